The Balaban J connectivity index is 1.50. The Bertz CT molecular complexity index is 807. The van der Waals surface area contributed by atoms with Gasteiger partial charge in [-0.2, -0.15) is 0 Å². The van der Waals surface area contributed by atoms with Gasteiger partial charge in [-0.3, -0.25) is 15.6 Å². The van der Waals surface area contributed by atoms with Gasteiger partial charge in [-0.25, -0.2) is 0 Å². The number of fused-ring (bicyclic) bond motifs is 1. The van der Waals surface area contributed by atoms with Crippen molar-refractivity contribution in [3.63, 3.8) is 0 Å². The molecule has 0 saturated carbocycles. The number of carbonyl (C=O) groups is 1. The second-order valence-corrected chi connectivity index (χ2v) is 5.56. The molecule has 1 amide bonds. The number of nitrogens with one attached hydrogen (secondary N) is 3. The summed E-state index contributed by atoms with van der Waals surface area (Å²) >= 11 is 0. The molecule has 2 aromatic rings. The van der Waals surface area contributed by atoms with E-state index in [4.69, 9.17) is 14.2 Å². The molecule has 0 fully saturated rings. The number of hydrazine groups is 1. The lowest BCUT2D eigenvalue weighted by Crippen LogP contribution is -2.39. The maximum atomic E-state index is 12.0. The number of benzene rings is 2. The molecule has 2 aromatic carbocycles. The summed E-state index contributed by atoms with van der Waals surface area (Å²) in [6, 6.07) is 12.9. The molecule has 3 rings (SSSR count). The third kappa shape index (κ3) is 4.18. The number of hydrogen-bond acceptors (Lipinski definition) is 6. The van der Waals surface area contributed by atoms with Crippen molar-refractivity contribution in [2.75, 3.05) is 32.2 Å². The van der Waals surface area contributed by atoms with E-state index in [2.05, 4.69) is 22.7 Å². The fourth-order valence-corrected chi connectivity index (χ4v) is 2.46. The lowest BCUT2D eigenvalue weighted by Gasteiger charge is -2.19. The lowest BCUT2D eigenvalue weighted by atomic mass is 10.1. The van der Waals surface area contributed by atoms with Crippen LogP contribution in [-0.2, 0) is 4.79 Å². The molecule has 26 heavy (non-hydrogen) atoms. The van der Waals surface area contributed by atoms with Crippen LogP contribution in [0.5, 0.6) is 17.2 Å². The van der Waals surface area contributed by atoms with E-state index in [1.807, 2.05) is 42.5 Å². The van der Waals surface area contributed by atoms with Gasteiger partial charge >= 0.3 is 0 Å². The van der Waals surface area contributed by atoms with Gasteiger partial charge in [-0.15, -0.1) is 0 Å². The fraction of sp³-hybridized carbons (Fsp3) is 0.211. The van der Waals surface area contributed by atoms with Crippen LogP contribution in [-0.4, -0.2) is 32.8 Å². The average Bonchev–Trinajstić information content (AvgIpc) is 2.70. The third-order valence-electron chi connectivity index (χ3n) is 3.79. The van der Waals surface area contributed by atoms with E-state index in [1.54, 1.807) is 7.11 Å². The number of para-hydroxylation sites is 2. The van der Waals surface area contributed by atoms with Crippen LogP contribution in [0.3, 0.4) is 0 Å². The van der Waals surface area contributed by atoms with Crippen molar-refractivity contribution in [2.45, 2.75) is 0 Å². The SMILES string of the molecule is C=C(NNC(=O)CNc1ccccc1OC)c1ccc2c(c1)OCCO2. The second-order valence-electron chi connectivity index (χ2n) is 5.56. The first-order chi connectivity index (χ1) is 12.7. The van der Waals surface area contributed by atoms with E-state index in [9.17, 15) is 4.79 Å². The zero-order valence-corrected chi connectivity index (χ0v) is 14.5. The van der Waals surface area contributed by atoms with Crippen LogP contribution in [0.2, 0.25) is 0 Å². The Labute approximate surface area is 151 Å². The monoisotopic (exact) mass is 355 g/mol. The van der Waals surface area contributed by atoms with E-state index in [0.717, 1.165) is 11.3 Å². The Hall–Kier alpha value is -3.35. The van der Waals surface area contributed by atoms with Gasteiger partial charge in [0.1, 0.15) is 19.0 Å². The summed E-state index contributed by atoms with van der Waals surface area (Å²) < 4.78 is 16.3. The number of rotatable bonds is 7. The van der Waals surface area contributed by atoms with Crippen LogP contribution < -0.4 is 30.4 Å². The molecule has 1 aliphatic rings. The van der Waals surface area contributed by atoms with Crippen molar-refractivity contribution in [1.29, 1.82) is 0 Å². The van der Waals surface area contributed by atoms with Gasteiger partial charge in [-0.1, -0.05) is 18.7 Å². The first-order valence-corrected chi connectivity index (χ1v) is 8.18. The highest BCUT2D eigenvalue weighted by Gasteiger charge is 2.13. The maximum Gasteiger partial charge on any atom is 0.257 e. The van der Waals surface area contributed by atoms with E-state index < -0.39 is 0 Å². The van der Waals surface area contributed by atoms with Crippen molar-refractivity contribution < 1.29 is 19.0 Å². The predicted molar refractivity (Wildman–Crippen MR) is 99.2 cm³/mol. The van der Waals surface area contributed by atoms with Gasteiger partial charge in [-0.05, 0) is 30.3 Å². The van der Waals surface area contributed by atoms with Crippen LogP contribution in [0.15, 0.2) is 49.0 Å². The summed E-state index contributed by atoms with van der Waals surface area (Å²) in [6.45, 7) is 5.07. The summed E-state index contributed by atoms with van der Waals surface area (Å²) in [7, 11) is 1.58. The Morgan fingerprint density at radius 3 is 2.69 bits per heavy atom. The summed E-state index contributed by atoms with van der Waals surface area (Å²) in [5.41, 5.74) is 7.51. The van der Waals surface area contributed by atoms with Gasteiger partial charge in [0.05, 0.1) is 25.0 Å². The third-order valence-corrected chi connectivity index (χ3v) is 3.79. The zero-order valence-electron chi connectivity index (χ0n) is 14.5. The van der Waals surface area contributed by atoms with Crippen LogP contribution in [0.25, 0.3) is 5.70 Å². The lowest BCUT2D eigenvalue weighted by molar-refractivity contribution is -0.120. The van der Waals surface area contributed by atoms with Gasteiger partial charge in [0.2, 0.25) is 0 Å². The highest BCUT2D eigenvalue weighted by atomic mass is 16.6. The summed E-state index contributed by atoms with van der Waals surface area (Å²) in [5, 5.41) is 3.03. The molecule has 0 saturated heterocycles. The zero-order chi connectivity index (χ0) is 18.4. The molecule has 7 nitrogen and oxygen atoms in total. The molecule has 0 aliphatic carbocycles. The van der Waals surface area contributed by atoms with E-state index in [-0.39, 0.29) is 12.5 Å². The molecule has 3 N–H and O–H groups in total. The predicted octanol–water partition coefficient (Wildman–Crippen LogP) is 2.17. The number of carbonyl (C=O) groups excluding carboxylic acids is 1. The number of hydrogen-bond donors (Lipinski definition) is 3. The largest absolute Gasteiger partial charge is 0.495 e. The van der Waals surface area contributed by atoms with Gasteiger partial charge in [0.15, 0.2) is 11.5 Å². The van der Waals surface area contributed by atoms with Crippen LogP contribution in [0.4, 0.5) is 5.69 Å². The molecule has 0 atom stereocenters. The summed E-state index contributed by atoms with van der Waals surface area (Å²) in [6.07, 6.45) is 0. The first kappa shape index (κ1) is 17.5. The van der Waals surface area contributed by atoms with Gasteiger partial charge in [0.25, 0.3) is 5.91 Å². The Morgan fingerprint density at radius 2 is 1.88 bits per heavy atom. The van der Waals surface area contributed by atoms with Gasteiger partial charge in [0, 0.05) is 5.56 Å². The highest BCUT2D eigenvalue weighted by molar-refractivity contribution is 5.82. The quantitative estimate of drug-likeness (QED) is 0.661. The standard InChI is InChI=1S/C19H21N3O4/c1-13(14-7-8-17-18(11-14)26-10-9-25-17)21-22-19(23)12-20-15-5-3-4-6-16(15)24-2/h3-8,11,20-21H,1,9-10,12H2,2H3,(H,22,23). The normalized spacial score (nSPS) is 12.0. The fourth-order valence-electron chi connectivity index (χ4n) is 2.46. The summed E-state index contributed by atoms with van der Waals surface area (Å²) in [4.78, 5) is 12.0. The molecule has 0 unspecified atom stereocenters. The second kappa shape index (κ2) is 8.15. The minimum atomic E-state index is -0.241. The van der Waals surface area contributed by atoms with Crippen LogP contribution in [0, 0.1) is 0 Å². The molecule has 7 heteroatoms. The summed E-state index contributed by atoms with van der Waals surface area (Å²) in [5.74, 6) is 1.81. The van der Waals surface area contributed by atoms with Crippen LogP contribution in [0.1, 0.15) is 5.56 Å². The minimum Gasteiger partial charge on any atom is -0.495 e. The topological polar surface area (TPSA) is 80.9 Å². The van der Waals surface area contributed by atoms with E-state index in [0.29, 0.717) is 36.2 Å². The van der Waals surface area contributed by atoms with Crippen LogP contribution >= 0.6 is 0 Å². The number of ether oxygens (including phenoxy) is 3. The molecule has 0 radical (unpaired) electrons. The van der Waals surface area contributed by atoms with Gasteiger partial charge < -0.3 is 19.5 Å². The molecule has 1 aliphatic heterocycles. The minimum absolute atomic E-state index is 0.0851. The molecular formula is C19H21N3O4. The molecule has 136 valence electrons. The van der Waals surface area contributed by atoms with Crippen molar-refractivity contribution in [3.05, 3.63) is 54.6 Å². The molecule has 0 aromatic heterocycles. The smallest absolute Gasteiger partial charge is 0.257 e. The molecule has 0 spiro atoms. The molecule has 0 bridgehead atoms. The van der Waals surface area contributed by atoms with Crippen molar-refractivity contribution in [2.24, 2.45) is 0 Å². The molecule has 1 heterocycles. The number of methoxy groups -OCH3 is 1. The Morgan fingerprint density at radius 1 is 1.12 bits per heavy atom. The number of amides is 1. The van der Waals surface area contributed by atoms with E-state index >= 15 is 0 Å². The highest BCUT2D eigenvalue weighted by Crippen LogP contribution is 2.32. The molecular weight excluding hydrogens is 334 g/mol. The Kier molecular flexibility index (Phi) is 5.48. The average molecular weight is 355 g/mol. The number of anilines is 1. The maximum absolute atomic E-state index is 12.0. The van der Waals surface area contributed by atoms with E-state index in [1.165, 1.54) is 0 Å². The van der Waals surface area contributed by atoms with Crippen molar-refractivity contribution in [1.82, 2.24) is 10.9 Å². The van der Waals surface area contributed by atoms with Crippen molar-refractivity contribution in [3.8, 4) is 17.2 Å². The first-order valence-electron chi connectivity index (χ1n) is 8.18. The van der Waals surface area contributed by atoms with Crippen molar-refractivity contribution >= 4 is 17.3 Å².